The fourth-order valence-corrected chi connectivity index (χ4v) is 2.58. The number of amides is 1. The van der Waals surface area contributed by atoms with Crippen LogP contribution in [0.25, 0.3) is 5.69 Å². The van der Waals surface area contributed by atoms with Gasteiger partial charge in [0.15, 0.2) is 0 Å². The molecule has 26 heavy (non-hydrogen) atoms. The molecule has 2 N–H and O–H groups in total. The molecule has 0 fully saturated rings. The van der Waals surface area contributed by atoms with Crippen molar-refractivity contribution in [2.24, 2.45) is 0 Å². The molecule has 0 aliphatic rings. The minimum atomic E-state index is -0.223. The standard InChI is InChI=1S/C20H30N4O2/c1-15-6-8-16(9-7-15)24-14-17(18(23-24)20(2,3)4)19(25)22-11-10-21-12-13-26-5/h6-9,14,21H,10-13H2,1-5H3,(H,22,25). The molecule has 2 aromatic rings. The third-order valence-electron chi connectivity index (χ3n) is 4.04. The van der Waals surface area contributed by atoms with E-state index in [0.29, 0.717) is 25.3 Å². The monoisotopic (exact) mass is 358 g/mol. The highest BCUT2D eigenvalue weighted by atomic mass is 16.5. The van der Waals surface area contributed by atoms with Crippen LogP contribution in [0.4, 0.5) is 0 Å². The van der Waals surface area contributed by atoms with E-state index in [9.17, 15) is 4.79 Å². The Hall–Kier alpha value is -2.18. The summed E-state index contributed by atoms with van der Waals surface area (Å²) in [4.78, 5) is 12.7. The van der Waals surface area contributed by atoms with E-state index in [1.54, 1.807) is 11.8 Å². The molecule has 1 amide bonds. The highest BCUT2D eigenvalue weighted by molar-refractivity contribution is 5.95. The molecule has 0 spiro atoms. The van der Waals surface area contributed by atoms with Crippen LogP contribution in [0.2, 0.25) is 0 Å². The number of hydrogen-bond acceptors (Lipinski definition) is 4. The summed E-state index contributed by atoms with van der Waals surface area (Å²) in [6, 6.07) is 8.10. The first-order valence-electron chi connectivity index (χ1n) is 8.98. The minimum absolute atomic E-state index is 0.0955. The lowest BCUT2D eigenvalue weighted by Gasteiger charge is -2.17. The zero-order chi connectivity index (χ0) is 19.2. The molecule has 1 aromatic carbocycles. The third kappa shape index (κ3) is 5.41. The number of aryl methyl sites for hydroxylation is 1. The van der Waals surface area contributed by atoms with Crippen LogP contribution < -0.4 is 10.6 Å². The first-order valence-corrected chi connectivity index (χ1v) is 8.98. The molecule has 0 saturated heterocycles. The van der Waals surface area contributed by atoms with Crippen molar-refractivity contribution in [3.8, 4) is 5.69 Å². The first-order chi connectivity index (χ1) is 12.3. The smallest absolute Gasteiger partial charge is 0.254 e. The second-order valence-corrected chi connectivity index (χ2v) is 7.42. The van der Waals surface area contributed by atoms with E-state index >= 15 is 0 Å². The molecule has 1 aromatic heterocycles. The molecule has 0 unspecified atom stereocenters. The van der Waals surface area contributed by atoms with Crippen LogP contribution in [-0.2, 0) is 10.2 Å². The zero-order valence-electron chi connectivity index (χ0n) is 16.4. The van der Waals surface area contributed by atoms with Gasteiger partial charge < -0.3 is 15.4 Å². The first kappa shape index (κ1) is 20.1. The number of hydrogen-bond donors (Lipinski definition) is 2. The van der Waals surface area contributed by atoms with Gasteiger partial charge in [0.2, 0.25) is 0 Å². The summed E-state index contributed by atoms with van der Waals surface area (Å²) in [5.74, 6) is -0.0955. The summed E-state index contributed by atoms with van der Waals surface area (Å²) in [5, 5.41) is 10.9. The third-order valence-corrected chi connectivity index (χ3v) is 4.04. The van der Waals surface area contributed by atoms with Crippen LogP contribution in [0.5, 0.6) is 0 Å². The van der Waals surface area contributed by atoms with E-state index in [1.807, 2.05) is 37.4 Å². The van der Waals surface area contributed by atoms with Crippen molar-refractivity contribution in [2.75, 3.05) is 33.4 Å². The van der Waals surface area contributed by atoms with E-state index in [1.165, 1.54) is 5.56 Å². The number of rotatable bonds is 8. The van der Waals surface area contributed by atoms with Crippen molar-refractivity contribution in [1.82, 2.24) is 20.4 Å². The Balaban J connectivity index is 2.13. The lowest BCUT2D eigenvalue weighted by Crippen LogP contribution is -2.34. The number of nitrogens with zero attached hydrogens (tertiary/aromatic N) is 2. The molecular formula is C20H30N4O2. The number of ether oxygens (including phenoxy) is 1. The Kier molecular flexibility index (Phi) is 6.94. The molecule has 2 rings (SSSR count). The predicted octanol–water partition coefficient (Wildman–Crippen LogP) is 2.44. The van der Waals surface area contributed by atoms with E-state index < -0.39 is 0 Å². The second-order valence-electron chi connectivity index (χ2n) is 7.42. The molecule has 6 heteroatoms. The van der Waals surface area contributed by atoms with Crippen molar-refractivity contribution >= 4 is 5.91 Å². The van der Waals surface area contributed by atoms with Crippen molar-refractivity contribution in [1.29, 1.82) is 0 Å². The van der Waals surface area contributed by atoms with E-state index in [0.717, 1.165) is 17.9 Å². The predicted molar refractivity (Wildman–Crippen MR) is 104 cm³/mol. The number of methoxy groups -OCH3 is 1. The van der Waals surface area contributed by atoms with Crippen LogP contribution in [0.1, 0.15) is 42.4 Å². The summed E-state index contributed by atoms with van der Waals surface area (Å²) in [6.07, 6.45) is 1.82. The van der Waals surface area contributed by atoms with Gasteiger partial charge in [-0.15, -0.1) is 0 Å². The van der Waals surface area contributed by atoms with Crippen molar-refractivity contribution in [3.05, 3.63) is 47.3 Å². The molecule has 1 heterocycles. The number of carbonyl (C=O) groups excluding carboxylic acids is 1. The summed E-state index contributed by atoms with van der Waals surface area (Å²) < 4.78 is 6.77. The Labute approximate surface area is 155 Å². The molecule has 0 aliphatic heterocycles. The molecule has 0 bridgehead atoms. The Morgan fingerprint density at radius 1 is 1.15 bits per heavy atom. The Bertz CT molecular complexity index is 714. The molecule has 6 nitrogen and oxygen atoms in total. The summed E-state index contributed by atoms with van der Waals surface area (Å²) in [5.41, 5.74) is 3.33. The molecule has 0 atom stereocenters. The fourth-order valence-electron chi connectivity index (χ4n) is 2.58. The van der Waals surface area contributed by atoms with Crippen molar-refractivity contribution in [2.45, 2.75) is 33.1 Å². The lowest BCUT2D eigenvalue weighted by atomic mass is 9.89. The molecule has 0 saturated carbocycles. The van der Waals surface area contributed by atoms with Crippen LogP contribution in [0.3, 0.4) is 0 Å². The maximum absolute atomic E-state index is 12.7. The maximum Gasteiger partial charge on any atom is 0.254 e. The van der Waals surface area contributed by atoms with Gasteiger partial charge in [0.05, 0.1) is 23.6 Å². The topological polar surface area (TPSA) is 68.2 Å². The van der Waals surface area contributed by atoms with Crippen LogP contribution in [0.15, 0.2) is 30.5 Å². The normalized spacial score (nSPS) is 11.6. The average Bonchev–Trinajstić information content (AvgIpc) is 3.04. The lowest BCUT2D eigenvalue weighted by molar-refractivity contribution is 0.0951. The molecule has 0 radical (unpaired) electrons. The van der Waals surface area contributed by atoms with Gasteiger partial charge in [-0.3, -0.25) is 4.79 Å². The van der Waals surface area contributed by atoms with Crippen molar-refractivity contribution in [3.63, 3.8) is 0 Å². The van der Waals surface area contributed by atoms with Gasteiger partial charge in [-0.1, -0.05) is 38.5 Å². The number of carbonyl (C=O) groups is 1. The molecular weight excluding hydrogens is 328 g/mol. The molecule has 0 aliphatic carbocycles. The zero-order valence-corrected chi connectivity index (χ0v) is 16.4. The second kappa shape index (κ2) is 8.96. The molecule has 142 valence electrons. The SMILES string of the molecule is COCCNCCNC(=O)c1cn(-c2ccc(C)cc2)nc1C(C)(C)C. The average molecular weight is 358 g/mol. The largest absolute Gasteiger partial charge is 0.383 e. The van der Waals surface area contributed by atoms with E-state index in [2.05, 4.69) is 31.4 Å². The minimum Gasteiger partial charge on any atom is -0.383 e. The fraction of sp³-hybridized carbons (Fsp3) is 0.500. The highest BCUT2D eigenvalue weighted by Crippen LogP contribution is 2.25. The number of aromatic nitrogens is 2. The highest BCUT2D eigenvalue weighted by Gasteiger charge is 2.26. The van der Waals surface area contributed by atoms with Crippen LogP contribution in [0, 0.1) is 6.92 Å². The van der Waals surface area contributed by atoms with Gasteiger partial charge in [0, 0.05) is 38.4 Å². The Morgan fingerprint density at radius 2 is 1.85 bits per heavy atom. The van der Waals surface area contributed by atoms with Gasteiger partial charge in [-0.25, -0.2) is 4.68 Å². The Morgan fingerprint density at radius 3 is 2.46 bits per heavy atom. The summed E-state index contributed by atoms with van der Waals surface area (Å²) >= 11 is 0. The van der Waals surface area contributed by atoms with Gasteiger partial charge in [-0.05, 0) is 19.1 Å². The van der Waals surface area contributed by atoms with Crippen LogP contribution in [-0.4, -0.2) is 49.0 Å². The van der Waals surface area contributed by atoms with Crippen LogP contribution >= 0.6 is 0 Å². The number of nitrogens with one attached hydrogen (secondary N) is 2. The van der Waals surface area contributed by atoms with E-state index in [4.69, 9.17) is 9.84 Å². The quantitative estimate of drug-likeness (QED) is 0.711. The summed E-state index contributed by atoms with van der Waals surface area (Å²) in [7, 11) is 1.67. The van der Waals surface area contributed by atoms with Gasteiger partial charge in [-0.2, -0.15) is 5.10 Å². The van der Waals surface area contributed by atoms with Crippen molar-refractivity contribution < 1.29 is 9.53 Å². The summed E-state index contributed by atoms with van der Waals surface area (Å²) in [6.45, 7) is 10.9. The van der Waals surface area contributed by atoms with E-state index in [-0.39, 0.29) is 11.3 Å². The van der Waals surface area contributed by atoms with Gasteiger partial charge in [0.1, 0.15) is 0 Å². The van der Waals surface area contributed by atoms with Gasteiger partial charge in [0.25, 0.3) is 5.91 Å². The van der Waals surface area contributed by atoms with Gasteiger partial charge >= 0.3 is 0 Å². The maximum atomic E-state index is 12.7. The number of benzene rings is 1.